The Labute approximate surface area is 136 Å². The van der Waals surface area contributed by atoms with Gasteiger partial charge < -0.3 is 10.6 Å². The van der Waals surface area contributed by atoms with Crippen LogP contribution in [0.3, 0.4) is 0 Å². The van der Waals surface area contributed by atoms with Crippen LogP contribution >= 0.6 is 15.9 Å². The summed E-state index contributed by atoms with van der Waals surface area (Å²) in [5.74, 6) is 0.230. The van der Waals surface area contributed by atoms with Crippen LogP contribution in [0.25, 0.3) is 0 Å². The van der Waals surface area contributed by atoms with Crippen LogP contribution in [0, 0.1) is 5.41 Å². The summed E-state index contributed by atoms with van der Waals surface area (Å²) >= 11 is 3.58. The summed E-state index contributed by atoms with van der Waals surface area (Å²) in [6, 6.07) is 8.52. The highest BCUT2D eigenvalue weighted by atomic mass is 79.9. The summed E-state index contributed by atoms with van der Waals surface area (Å²) in [6.07, 6.45) is 3.84. The number of hydrogen-bond acceptors (Lipinski definition) is 2. The van der Waals surface area contributed by atoms with E-state index in [1.54, 1.807) is 0 Å². The van der Waals surface area contributed by atoms with Crippen molar-refractivity contribution in [3.05, 3.63) is 34.3 Å². The van der Waals surface area contributed by atoms with Gasteiger partial charge in [0, 0.05) is 23.6 Å². The Bertz CT molecular complexity index is 487. The molecule has 0 heterocycles. The van der Waals surface area contributed by atoms with Crippen LogP contribution in [-0.4, -0.2) is 23.4 Å². The summed E-state index contributed by atoms with van der Waals surface area (Å²) in [7, 11) is 0. The number of hydrogen-bond donors (Lipinski definition) is 1. The summed E-state index contributed by atoms with van der Waals surface area (Å²) in [4.78, 5) is 15.1. The molecule has 1 aliphatic rings. The number of nitrogens with zero attached hydrogens (tertiary/aromatic N) is 1. The van der Waals surface area contributed by atoms with Gasteiger partial charge in [-0.25, -0.2) is 0 Å². The van der Waals surface area contributed by atoms with Gasteiger partial charge in [-0.3, -0.25) is 4.79 Å². The molecular formula is C17H25BrN2O. The molecule has 3 nitrogen and oxygen atoms in total. The van der Waals surface area contributed by atoms with Crippen molar-refractivity contribution in [1.29, 1.82) is 0 Å². The zero-order valence-electron chi connectivity index (χ0n) is 12.9. The third-order valence-electron chi connectivity index (χ3n) is 4.75. The van der Waals surface area contributed by atoms with E-state index in [0.717, 1.165) is 35.7 Å². The monoisotopic (exact) mass is 352 g/mol. The number of benzene rings is 1. The first kappa shape index (κ1) is 16.5. The smallest absolute Gasteiger partial charge is 0.230 e. The zero-order chi connectivity index (χ0) is 15.5. The largest absolute Gasteiger partial charge is 0.335 e. The van der Waals surface area contributed by atoms with Gasteiger partial charge in [0.15, 0.2) is 0 Å². The van der Waals surface area contributed by atoms with Crippen molar-refractivity contribution in [2.45, 2.75) is 52.1 Å². The number of halogens is 1. The number of carbonyl (C=O) groups excluding carboxylic acids is 1. The van der Waals surface area contributed by atoms with E-state index in [2.05, 4.69) is 40.7 Å². The van der Waals surface area contributed by atoms with Gasteiger partial charge in [-0.05, 0) is 37.3 Å². The molecule has 0 atom stereocenters. The molecular weight excluding hydrogens is 328 g/mol. The fourth-order valence-corrected chi connectivity index (χ4v) is 3.21. The van der Waals surface area contributed by atoms with E-state index in [0.29, 0.717) is 19.1 Å². The van der Waals surface area contributed by atoms with Gasteiger partial charge in [0.2, 0.25) is 5.91 Å². The predicted molar refractivity (Wildman–Crippen MR) is 89.8 cm³/mol. The normalized spacial score (nSPS) is 15.0. The van der Waals surface area contributed by atoms with E-state index in [1.807, 2.05) is 18.2 Å². The highest BCUT2D eigenvalue weighted by Gasteiger charge is 2.42. The minimum atomic E-state index is -0.399. The molecule has 1 aromatic carbocycles. The van der Waals surface area contributed by atoms with Gasteiger partial charge in [0.1, 0.15) is 0 Å². The molecule has 0 aromatic heterocycles. The SMILES string of the molecule is CCC(CC)(CN)C(=O)N(Cc1ccccc1Br)C1CC1. The lowest BCUT2D eigenvalue weighted by Gasteiger charge is -2.35. The van der Waals surface area contributed by atoms with Crippen LogP contribution in [0.5, 0.6) is 0 Å². The van der Waals surface area contributed by atoms with E-state index >= 15 is 0 Å². The zero-order valence-corrected chi connectivity index (χ0v) is 14.5. The van der Waals surface area contributed by atoms with Crippen molar-refractivity contribution >= 4 is 21.8 Å². The maximum absolute atomic E-state index is 13.1. The van der Waals surface area contributed by atoms with Crippen LogP contribution in [0.15, 0.2) is 28.7 Å². The topological polar surface area (TPSA) is 46.3 Å². The third-order valence-corrected chi connectivity index (χ3v) is 5.52. The number of rotatable bonds is 7. The lowest BCUT2D eigenvalue weighted by atomic mass is 9.80. The molecule has 0 spiro atoms. The molecule has 0 bridgehead atoms. The van der Waals surface area contributed by atoms with Crippen molar-refractivity contribution in [3.8, 4) is 0 Å². The highest BCUT2D eigenvalue weighted by Crippen LogP contribution is 2.36. The second-order valence-corrected chi connectivity index (χ2v) is 6.80. The minimum Gasteiger partial charge on any atom is -0.335 e. The first-order valence-corrected chi connectivity index (χ1v) is 8.61. The highest BCUT2D eigenvalue weighted by molar-refractivity contribution is 9.10. The molecule has 1 fully saturated rings. The van der Waals surface area contributed by atoms with Crippen LogP contribution in [0.2, 0.25) is 0 Å². The second kappa shape index (κ2) is 6.93. The van der Waals surface area contributed by atoms with Gasteiger partial charge in [0.25, 0.3) is 0 Å². The van der Waals surface area contributed by atoms with E-state index in [-0.39, 0.29) is 5.91 Å². The number of nitrogens with two attached hydrogens (primary N) is 1. The summed E-state index contributed by atoms with van der Waals surface area (Å²) in [6.45, 7) is 5.24. The lowest BCUT2D eigenvalue weighted by Crippen LogP contribution is -2.48. The van der Waals surface area contributed by atoms with Crippen LogP contribution < -0.4 is 5.73 Å². The van der Waals surface area contributed by atoms with Gasteiger partial charge in [-0.2, -0.15) is 0 Å². The molecule has 21 heavy (non-hydrogen) atoms. The van der Waals surface area contributed by atoms with E-state index in [4.69, 9.17) is 5.73 Å². The first-order valence-electron chi connectivity index (χ1n) is 7.82. The minimum absolute atomic E-state index is 0.230. The molecule has 4 heteroatoms. The van der Waals surface area contributed by atoms with Crippen molar-refractivity contribution in [2.24, 2.45) is 11.1 Å². The van der Waals surface area contributed by atoms with E-state index in [1.165, 1.54) is 0 Å². The standard InChI is InChI=1S/C17H25BrN2O/c1-3-17(4-2,12-19)16(21)20(14-9-10-14)11-13-7-5-6-8-15(13)18/h5-8,14H,3-4,9-12,19H2,1-2H3. The molecule has 116 valence electrons. The van der Waals surface area contributed by atoms with Gasteiger partial charge in [-0.15, -0.1) is 0 Å². The van der Waals surface area contributed by atoms with Gasteiger partial charge in [-0.1, -0.05) is 48.0 Å². The second-order valence-electron chi connectivity index (χ2n) is 5.95. The van der Waals surface area contributed by atoms with Gasteiger partial charge >= 0.3 is 0 Å². The third kappa shape index (κ3) is 3.49. The maximum atomic E-state index is 13.1. The predicted octanol–water partition coefficient (Wildman–Crippen LogP) is 3.71. The molecule has 0 saturated heterocycles. The summed E-state index contributed by atoms with van der Waals surface area (Å²) < 4.78 is 1.06. The number of amides is 1. The molecule has 1 aliphatic carbocycles. The van der Waals surface area contributed by atoms with Crippen LogP contribution in [0.1, 0.15) is 45.1 Å². The van der Waals surface area contributed by atoms with Crippen molar-refractivity contribution in [2.75, 3.05) is 6.54 Å². The molecule has 0 radical (unpaired) electrons. The molecule has 1 aromatic rings. The molecule has 2 rings (SSSR count). The van der Waals surface area contributed by atoms with Crippen LogP contribution in [0.4, 0.5) is 0 Å². The van der Waals surface area contributed by atoms with E-state index in [9.17, 15) is 4.79 Å². The Hall–Kier alpha value is -0.870. The summed E-state index contributed by atoms with van der Waals surface area (Å²) in [5.41, 5.74) is 6.72. The van der Waals surface area contributed by atoms with Crippen molar-refractivity contribution in [1.82, 2.24) is 4.90 Å². The van der Waals surface area contributed by atoms with Gasteiger partial charge in [0.05, 0.1) is 5.41 Å². The molecule has 1 saturated carbocycles. The average molecular weight is 353 g/mol. The first-order chi connectivity index (χ1) is 10.1. The Kier molecular flexibility index (Phi) is 5.44. The van der Waals surface area contributed by atoms with Crippen molar-refractivity contribution < 1.29 is 4.79 Å². The van der Waals surface area contributed by atoms with E-state index < -0.39 is 5.41 Å². The van der Waals surface area contributed by atoms with Crippen LogP contribution in [-0.2, 0) is 11.3 Å². The molecule has 1 amide bonds. The van der Waals surface area contributed by atoms with Crippen molar-refractivity contribution in [3.63, 3.8) is 0 Å². The molecule has 2 N–H and O–H groups in total. The fourth-order valence-electron chi connectivity index (χ4n) is 2.80. The summed E-state index contributed by atoms with van der Waals surface area (Å²) in [5, 5.41) is 0. The fraction of sp³-hybridized carbons (Fsp3) is 0.588. The maximum Gasteiger partial charge on any atom is 0.230 e. The molecule has 0 aliphatic heterocycles. The Morgan fingerprint density at radius 2 is 1.95 bits per heavy atom. The Morgan fingerprint density at radius 1 is 1.33 bits per heavy atom. The Balaban J connectivity index is 2.23. The molecule has 0 unspecified atom stereocenters. The quantitative estimate of drug-likeness (QED) is 0.812. The number of carbonyl (C=O) groups is 1. The Morgan fingerprint density at radius 3 is 2.43 bits per heavy atom. The average Bonchev–Trinajstić information content (AvgIpc) is 3.33. The lowest BCUT2D eigenvalue weighted by molar-refractivity contribution is -0.143.